The fraction of sp³-hybridized carbons (Fsp3) is 0.533. The topological polar surface area (TPSA) is 40.5 Å². The van der Waals surface area contributed by atoms with Crippen molar-refractivity contribution in [1.29, 1.82) is 0 Å². The normalized spacial score (nSPS) is 23.1. The number of aryl methyl sites for hydroxylation is 1. The molecule has 1 saturated carbocycles. The van der Waals surface area contributed by atoms with Gasteiger partial charge in [-0.3, -0.25) is 4.79 Å². The molecule has 0 saturated heterocycles. The van der Waals surface area contributed by atoms with Crippen molar-refractivity contribution in [2.45, 2.75) is 38.6 Å². The Kier molecular flexibility index (Phi) is 4.08. The summed E-state index contributed by atoms with van der Waals surface area (Å²) in [6.45, 7) is 1.76. The molecule has 1 aliphatic rings. The Morgan fingerprint density at radius 1 is 1.32 bits per heavy atom. The van der Waals surface area contributed by atoms with Gasteiger partial charge in [0.2, 0.25) is 0 Å². The van der Waals surface area contributed by atoms with Crippen LogP contribution in [0.2, 0.25) is 0 Å². The highest BCUT2D eigenvalue weighted by atomic mass is 19.1. The molecule has 0 spiro atoms. The zero-order valence-corrected chi connectivity index (χ0v) is 11.4. The zero-order chi connectivity index (χ0) is 14.0. The maximum Gasteiger partial charge on any atom is 0.306 e. The summed E-state index contributed by atoms with van der Waals surface area (Å²) in [4.78, 5) is 13.1. The summed E-state index contributed by atoms with van der Waals surface area (Å²) in [5, 5.41) is 8.99. The van der Waals surface area contributed by atoms with Crippen LogP contribution in [0.15, 0.2) is 18.2 Å². The Morgan fingerprint density at radius 3 is 2.47 bits per heavy atom. The summed E-state index contributed by atoms with van der Waals surface area (Å²) in [5.41, 5.74) is 1.64. The maximum atomic E-state index is 13.3. The lowest BCUT2D eigenvalue weighted by molar-refractivity contribution is -0.142. The number of aliphatic carboxylic acids is 1. The Balaban J connectivity index is 2.02. The Morgan fingerprint density at radius 2 is 1.95 bits per heavy atom. The van der Waals surface area contributed by atoms with Gasteiger partial charge in [-0.15, -0.1) is 0 Å². The predicted octanol–water partition coefficient (Wildman–Crippen LogP) is 3.21. The molecule has 0 atom stereocenters. The van der Waals surface area contributed by atoms with E-state index in [-0.39, 0.29) is 11.7 Å². The molecule has 4 heteroatoms. The van der Waals surface area contributed by atoms with Gasteiger partial charge in [0.15, 0.2) is 0 Å². The van der Waals surface area contributed by atoms with Gasteiger partial charge in [0.05, 0.1) is 5.92 Å². The highest BCUT2D eigenvalue weighted by Gasteiger charge is 2.28. The molecule has 104 valence electrons. The summed E-state index contributed by atoms with van der Waals surface area (Å²) in [7, 11) is 2.00. The van der Waals surface area contributed by atoms with E-state index < -0.39 is 5.97 Å². The molecule has 1 aromatic carbocycles. The average molecular weight is 265 g/mol. The Labute approximate surface area is 113 Å². The minimum atomic E-state index is -0.682. The minimum absolute atomic E-state index is 0.188. The van der Waals surface area contributed by atoms with Gasteiger partial charge >= 0.3 is 5.97 Å². The van der Waals surface area contributed by atoms with Gasteiger partial charge in [-0.25, -0.2) is 4.39 Å². The highest BCUT2D eigenvalue weighted by Crippen LogP contribution is 2.30. The molecule has 1 N–H and O–H groups in total. The van der Waals surface area contributed by atoms with Crippen molar-refractivity contribution in [2.24, 2.45) is 5.92 Å². The minimum Gasteiger partial charge on any atom is -0.481 e. The summed E-state index contributed by atoms with van der Waals surface area (Å²) in [6.07, 6.45) is 3.21. The van der Waals surface area contributed by atoms with E-state index in [1.165, 1.54) is 6.07 Å². The fourth-order valence-corrected chi connectivity index (χ4v) is 2.77. The van der Waals surface area contributed by atoms with E-state index >= 15 is 0 Å². The van der Waals surface area contributed by atoms with E-state index in [9.17, 15) is 9.18 Å². The lowest BCUT2D eigenvalue weighted by atomic mass is 9.85. The lowest BCUT2D eigenvalue weighted by Gasteiger charge is -2.35. The quantitative estimate of drug-likeness (QED) is 0.912. The van der Waals surface area contributed by atoms with Crippen LogP contribution in [0, 0.1) is 18.7 Å². The van der Waals surface area contributed by atoms with E-state index in [0.717, 1.165) is 31.4 Å². The number of hydrogen-bond acceptors (Lipinski definition) is 2. The molecule has 1 aromatic rings. The SMILES string of the molecule is Cc1cc(N(C)C2CCC(C(=O)O)CC2)ccc1F. The second-order valence-corrected chi connectivity index (χ2v) is 5.39. The van der Waals surface area contributed by atoms with E-state index in [1.54, 1.807) is 13.0 Å². The predicted molar refractivity (Wildman–Crippen MR) is 72.9 cm³/mol. The highest BCUT2D eigenvalue weighted by molar-refractivity contribution is 5.70. The van der Waals surface area contributed by atoms with E-state index in [0.29, 0.717) is 11.6 Å². The van der Waals surface area contributed by atoms with Crippen LogP contribution in [0.5, 0.6) is 0 Å². The molecule has 2 rings (SSSR count). The number of halogens is 1. The maximum absolute atomic E-state index is 13.3. The number of benzene rings is 1. The number of hydrogen-bond donors (Lipinski definition) is 1. The van der Waals surface area contributed by atoms with Crippen molar-refractivity contribution < 1.29 is 14.3 Å². The number of carbonyl (C=O) groups is 1. The van der Waals surface area contributed by atoms with E-state index in [4.69, 9.17) is 5.11 Å². The molecule has 0 aromatic heterocycles. The first kappa shape index (κ1) is 13.8. The first-order valence-electron chi connectivity index (χ1n) is 6.71. The van der Waals surface area contributed by atoms with Gasteiger partial charge in [0.25, 0.3) is 0 Å². The third-order valence-corrected chi connectivity index (χ3v) is 4.14. The molecule has 0 bridgehead atoms. The van der Waals surface area contributed by atoms with Crippen molar-refractivity contribution in [2.75, 3.05) is 11.9 Å². The van der Waals surface area contributed by atoms with Gasteiger partial charge < -0.3 is 10.0 Å². The van der Waals surface area contributed by atoms with Gasteiger partial charge in [0, 0.05) is 18.8 Å². The Hall–Kier alpha value is -1.58. The van der Waals surface area contributed by atoms with Crippen LogP contribution in [-0.2, 0) is 4.79 Å². The van der Waals surface area contributed by atoms with Gasteiger partial charge in [-0.1, -0.05) is 0 Å². The summed E-state index contributed by atoms with van der Waals surface area (Å²) >= 11 is 0. The molecule has 0 unspecified atom stereocenters. The zero-order valence-electron chi connectivity index (χ0n) is 11.4. The molecule has 0 heterocycles. The summed E-state index contributed by atoms with van der Waals surface area (Å²) < 4.78 is 13.3. The van der Waals surface area contributed by atoms with Crippen LogP contribution in [-0.4, -0.2) is 24.2 Å². The molecule has 0 aliphatic heterocycles. The fourth-order valence-electron chi connectivity index (χ4n) is 2.77. The van der Waals surface area contributed by atoms with Crippen LogP contribution < -0.4 is 4.90 Å². The van der Waals surface area contributed by atoms with Crippen LogP contribution in [0.1, 0.15) is 31.2 Å². The molecule has 1 aliphatic carbocycles. The molecule has 19 heavy (non-hydrogen) atoms. The van der Waals surface area contributed by atoms with Crippen molar-refractivity contribution in [1.82, 2.24) is 0 Å². The van der Waals surface area contributed by atoms with Crippen LogP contribution in [0.25, 0.3) is 0 Å². The molecule has 3 nitrogen and oxygen atoms in total. The third-order valence-electron chi connectivity index (χ3n) is 4.14. The monoisotopic (exact) mass is 265 g/mol. The van der Waals surface area contributed by atoms with Crippen molar-refractivity contribution in [3.63, 3.8) is 0 Å². The second kappa shape index (κ2) is 5.59. The Bertz CT molecular complexity index is 467. The number of nitrogens with zero attached hydrogens (tertiary/aromatic N) is 1. The number of carboxylic acid groups (broad SMARTS) is 1. The van der Waals surface area contributed by atoms with Crippen LogP contribution >= 0.6 is 0 Å². The third kappa shape index (κ3) is 3.06. The molecular weight excluding hydrogens is 245 g/mol. The lowest BCUT2D eigenvalue weighted by Crippen LogP contribution is -2.36. The van der Waals surface area contributed by atoms with Gasteiger partial charge in [-0.05, 0) is 56.4 Å². The smallest absolute Gasteiger partial charge is 0.306 e. The van der Waals surface area contributed by atoms with Crippen molar-refractivity contribution in [3.8, 4) is 0 Å². The average Bonchev–Trinajstić information content (AvgIpc) is 2.41. The van der Waals surface area contributed by atoms with Gasteiger partial charge in [0.1, 0.15) is 5.82 Å². The standard InChI is InChI=1S/C15H20FNO2/c1-10-9-13(7-8-14(10)16)17(2)12-5-3-11(4-6-12)15(18)19/h7-9,11-12H,3-6H2,1-2H3,(H,18,19). The molecular formula is C15H20FNO2. The van der Waals surface area contributed by atoms with Crippen molar-refractivity contribution >= 4 is 11.7 Å². The molecule has 0 radical (unpaired) electrons. The largest absolute Gasteiger partial charge is 0.481 e. The first-order valence-corrected chi connectivity index (χ1v) is 6.71. The van der Waals surface area contributed by atoms with Crippen molar-refractivity contribution in [3.05, 3.63) is 29.6 Å². The van der Waals surface area contributed by atoms with Crippen LogP contribution in [0.3, 0.4) is 0 Å². The van der Waals surface area contributed by atoms with E-state index in [2.05, 4.69) is 4.90 Å². The summed E-state index contributed by atoms with van der Waals surface area (Å²) in [5.74, 6) is -1.06. The first-order chi connectivity index (χ1) is 8.99. The summed E-state index contributed by atoms with van der Waals surface area (Å²) in [6, 6.07) is 5.47. The second-order valence-electron chi connectivity index (χ2n) is 5.39. The molecule has 0 amide bonds. The molecule has 1 fully saturated rings. The van der Waals surface area contributed by atoms with Gasteiger partial charge in [-0.2, -0.15) is 0 Å². The number of carboxylic acids is 1. The van der Waals surface area contributed by atoms with Crippen LogP contribution in [0.4, 0.5) is 10.1 Å². The van der Waals surface area contributed by atoms with E-state index in [1.807, 2.05) is 13.1 Å². The number of rotatable bonds is 3. The number of anilines is 1.